The van der Waals surface area contributed by atoms with Crippen LogP contribution in [0.3, 0.4) is 0 Å². The second-order valence-electron chi connectivity index (χ2n) is 5.70. The standard InChI is InChI=1S/C14H22N6O6S/c15-9(14(23)24)1-2-27(25)5-8(3-21)26-10(4-22)20-7-19-11-12(16)17-6-18-13(11)20/h6-10,21-22H,1-5,15H2,(H,23,24)(H2,16,17,18)/t8-,9+,10+,27?/m0/s1. The van der Waals surface area contributed by atoms with Gasteiger partial charge in [0.2, 0.25) is 0 Å². The lowest BCUT2D eigenvalue weighted by Gasteiger charge is -2.23. The molecule has 13 heteroatoms. The van der Waals surface area contributed by atoms with E-state index >= 15 is 0 Å². The average molecular weight is 402 g/mol. The lowest BCUT2D eigenvalue weighted by Crippen LogP contribution is -2.34. The Hall–Kier alpha value is -2.19. The minimum absolute atomic E-state index is 0.0336. The summed E-state index contributed by atoms with van der Waals surface area (Å²) in [6, 6.07) is -1.10. The van der Waals surface area contributed by atoms with Crippen molar-refractivity contribution < 1.29 is 29.1 Å². The van der Waals surface area contributed by atoms with Crippen LogP contribution in [0, 0.1) is 0 Å². The molecule has 0 aliphatic carbocycles. The molecule has 12 nitrogen and oxygen atoms in total. The molecule has 0 aliphatic heterocycles. The molecule has 0 radical (unpaired) electrons. The van der Waals surface area contributed by atoms with Gasteiger partial charge in [-0.2, -0.15) is 0 Å². The summed E-state index contributed by atoms with van der Waals surface area (Å²) in [5.41, 5.74) is 11.8. The monoisotopic (exact) mass is 402 g/mol. The second kappa shape index (κ2) is 9.66. The maximum absolute atomic E-state index is 12.1. The van der Waals surface area contributed by atoms with Gasteiger partial charge in [-0.3, -0.25) is 13.6 Å². The van der Waals surface area contributed by atoms with Crippen molar-refractivity contribution in [2.24, 2.45) is 5.73 Å². The van der Waals surface area contributed by atoms with Crippen LogP contribution in [0.4, 0.5) is 5.82 Å². The molecule has 0 aromatic carbocycles. The third-order valence-corrected chi connectivity index (χ3v) is 5.19. The zero-order valence-electron chi connectivity index (χ0n) is 14.3. The molecule has 0 amide bonds. The Balaban J connectivity index is 2.03. The minimum atomic E-state index is -1.46. The number of aliphatic hydroxyl groups excluding tert-OH is 2. The zero-order chi connectivity index (χ0) is 20.0. The van der Waals surface area contributed by atoms with E-state index in [1.54, 1.807) is 0 Å². The van der Waals surface area contributed by atoms with E-state index in [4.69, 9.17) is 21.3 Å². The summed E-state index contributed by atoms with van der Waals surface area (Å²) in [4.78, 5) is 22.6. The number of aliphatic carboxylic acids is 1. The van der Waals surface area contributed by atoms with Crippen molar-refractivity contribution in [2.45, 2.75) is 24.8 Å². The van der Waals surface area contributed by atoms with E-state index in [0.717, 1.165) is 0 Å². The molecule has 2 heterocycles. The topological polar surface area (TPSA) is 200 Å². The van der Waals surface area contributed by atoms with E-state index in [-0.39, 0.29) is 23.7 Å². The smallest absolute Gasteiger partial charge is 0.320 e. The summed E-state index contributed by atoms with van der Waals surface area (Å²) in [6.07, 6.45) is 0.842. The van der Waals surface area contributed by atoms with Gasteiger partial charge in [-0.25, -0.2) is 15.0 Å². The third kappa shape index (κ3) is 5.40. The predicted octanol–water partition coefficient (Wildman–Crippen LogP) is -2.17. The van der Waals surface area contributed by atoms with Crippen LogP contribution in [0.15, 0.2) is 12.7 Å². The largest absolute Gasteiger partial charge is 0.480 e. The van der Waals surface area contributed by atoms with E-state index in [1.165, 1.54) is 17.2 Å². The Morgan fingerprint density at radius 3 is 2.67 bits per heavy atom. The third-order valence-electron chi connectivity index (χ3n) is 3.75. The zero-order valence-corrected chi connectivity index (χ0v) is 15.2. The number of hydrogen-bond donors (Lipinski definition) is 5. The van der Waals surface area contributed by atoms with Crippen LogP contribution in [0.5, 0.6) is 0 Å². The number of carboxylic acid groups (broad SMARTS) is 1. The maximum atomic E-state index is 12.1. The first-order valence-corrected chi connectivity index (χ1v) is 9.49. The summed E-state index contributed by atoms with van der Waals surface area (Å²) in [5.74, 6) is -1.00. The van der Waals surface area contributed by atoms with Gasteiger partial charge in [0.1, 0.15) is 17.9 Å². The molecule has 7 N–H and O–H groups in total. The average Bonchev–Trinajstić information content (AvgIpc) is 3.08. The molecule has 150 valence electrons. The van der Waals surface area contributed by atoms with Crippen LogP contribution in [0.1, 0.15) is 12.6 Å². The molecule has 2 rings (SSSR count). The normalized spacial score (nSPS) is 16.1. The number of ether oxygens (including phenoxy) is 1. The highest BCUT2D eigenvalue weighted by atomic mass is 32.2. The fourth-order valence-corrected chi connectivity index (χ4v) is 3.59. The number of imidazole rings is 1. The molecule has 0 fully saturated rings. The van der Waals surface area contributed by atoms with Gasteiger partial charge in [0, 0.05) is 16.6 Å². The lowest BCUT2D eigenvalue weighted by atomic mass is 10.2. The van der Waals surface area contributed by atoms with E-state index in [9.17, 15) is 19.2 Å². The van der Waals surface area contributed by atoms with Gasteiger partial charge in [-0.15, -0.1) is 0 Å². The van der Waals surface area contributed by atoms with E-state index in [2.05, 4.69) is 15.0 Å². The summed E-state index contributed by atoms with van der Waals surface area (Å²) in [5, 5.41) is 27.9. The number of aliphatic hydroxyl groups is 2. The molecule has 27 heavy (non-hydrogen) atoms. The van der Waals surface area contributed by atoms with Gasteiger partial charge in [-0.05, 0) is 6.42 Å². The van der Waals surface area contributed by atoms with Gasteiger partial charge in [0.25, 0.3) is 0 Å². The molecule has 0 bridgehead atoms. The summed E-state index contributed by atoms with van der Waals surface area (Å²) >= 11 is 0. The van der Waals surface area contributed by atoms with Gasteiger partial charge < -0.3 is 31.5 Å². The first kappa shape index (κ1) is 21.1. The number of carbonyl (C=O) groups is 1. The van der Waals surface area contributed by atoms with Gasteiger partial charge in [0.15, 0.2) is 17.7 Å². The first-order valence-electron chi connectivity index (χ1n) is 8.00. The number of hydrogen-bond acceptors (Lipinski definition) is 10. The van der Waals surface area contributed by atoms with Crippen molar-refractivity contribution in [2.75, 3.05) is 30.5 Å². The number of aromatic nitrogens is 4. The second-order valence-corrected chi connectivity index (χ2v) is 7.33. The van der Waals surface area contributed by atoms with Crippen LogP contribution < -0.4 is 11.5 Å². The molecule has 0 saturated carbocycles. The summed E-state index contributed by atoms with van der Waals surface area (Å²) in [6.45, 7) is -0.903. The number of fused-ring (bicyclic) bond motifs is 1. The number of carboxylic acids is 1. The van der Waals surface area contributed by atoms with E-state index in [0.29, 0.717) is 11.2 Å². The SMILES string of the molecule is Nc1ncnc2c1ncn2[C@@H](CO)O[C@@H](CO)CS(=O)CC[C@@H](N)C(=O)O. The highest BCUT2D eigenvalue weighted by molar-refractivity contribution is 7.85. The molecule has 2 aromatic heterocycles. The number of nitrogens with two attached hydrogens (primary N) is 2. The van der Waals surface area contributed by atoms with Crippen LogP contribution in [0.2, 0.25) is 0 Å². The molecule has 4 atom stereocenters. The highest BCUT2D eigenvalue weighted by Gasteiger charge is 2.23. The van der Waals surface area contributed by atoms with Crippen LogP contribution in [-0.4, -0.2) is 81.9 Å². The number of anilines is 1. The van der Waals surface area contributed by atoms with Crippen molar-refractivity contribution >= 4 is 33.8 Å². The number of nitrogen functional groups attached to an aromatic ring is 1. The summed E-state index contributed by atoms with van der Waals surface area (Å²) in [7, 11) is -1.46. The fraction of sp³-hybridized carbons (Fsp3) is 0.571. The van der Waals surface area contributed by atoms with Crippen molar-refractivity contribution in [1.29, 1.82) is 0 Å². The predicted molar refractivity (Wildman–Crippen MR) is 95.9 cm³/mol. The quantitative estimate of drug-likeness (QED) is 0.274. The summed E-state index contributed by atoms with van der Waals surface area (Å²) < 4.78 is 19.2. The number of nitrogens with zero attached hydrogens (tertiary/aromatic N) is 4. The Morgan fingerprint density at radius 1 is 1.30 bits per heavy atom. The molecular formula is C14H22N6O6S. The molecular weight excluding hydrogens is 380 g/mol. The minimum Gasteiger partial charge on any atom is -0.480 e. The molecule has 0 aliphatic rings. The fourth-order valence-electron chi connectivity index (χ4n) is 2.31. The van der Waals surface area contributed by atoms with Crippen molar-refractivity contribution in [3.05, 3.63) is 12.7 Å². The molecule has 1 unspecified atom stereocenters. The number of rotatable bonds is 11. The Bertz CT molecular complexity index is 801. The molecule has 2 aromatic rings. The van der Waals surface area contributed by atoms with Crippen molar-refractivity contribution in [3.63, 3.8) is 0 Å². The van der Waals surface area contributed by atoms with Crippen molar-refractivity contribution in [3.8, 4) is 0 Å². The Kier molecular flexibility index (Phi) is 7.55. The lowest BCUT2D eigenvalue weighted by molar-refractivity contribution is -0.138. The van der Waals surface area contributed by atoms with Crippen LogP contribution in [-0.2, 0) is 20.3 Å². The van der Waals surface area contributed by atoms with Crippen molar-refractivity contribution in [1.82, 2.24) is 19.5 Å². The van der Waals surface area contributed by atoms with Gasteiger partial charge in [0.05, 0.1) is 31.4 Å². The van der Waals surface area contributed by atoms with Gasteiger partial charge in [-0.1, -0.05) is 0 Å². The van der Waals surface area contributed by atoms with E-state index in [1.807, 2.05) is 0 Å². The molecule has 0 spiro atoms. The van der Waals surface area contributed by atoms with E-state index < -0.39 is 48.4 Å². The van der Waals surface area contributed by atoms with Gasteiger partial charge >= 0.3 is 5.97 Å². The van der Waals surface area contributed by atoms with Crippen LogP contribution in [0.25, 0.3) is 11.2 Å². The Labute approximate surface area is 156 Å². The first-order chi connectivity index (χ1) is 12.9. The van der Waals surface area contributed by atoms with Crippen LogP contribution >= 0.6 is 0 Å². The maximum Gasteiger partial charge on any atom is 0.320 e. The Morgan fingerprint density at radius 2 is 2.04 bits per heavy atom. The molecule has 0 saturated heterocycles. The highest BCUT2D eigenvalue weighted by Crippen LogP contribution is 2.20.